The normalized spacial score (nSPS) is 13.5. The van der Waals surface area contributed by atoms with E-state index in [-0.39, 0.29) is 5.41 Å². The minimum Gasteiger partial charge on any atom is -0.309 e. The zero-order valence-electron chi connectivity index (χ0n) is 36.0. The molecule has 8 aromatic carbocycles. The molecule has 0 bridgehead atoms. The van der Waals surface area contributed by atoms with E-state index in [1.807, 2.05) is 6.07 Å². The average Bonchev–Trinajstić information content (AvgIpc) is 3.75. The topological polar surface area (TPSA) is 4.93 Å². The highest BCUT2D eigenvalue weighted by Gasteiger charge is 2.37. The van der Waals surface area contributed by atoms with Crippen molar-refractivity contribution in [3.63, 3.8) is 0 Å². The van der Waals surface area contributed by atoms with Gasteiger partial charge in [-0.15, -0.1) is 0 Å². The number of fused-ring (bicyclic) bond motifs is 5. The van der Waals surface area contributed by atoms with Crippen molar-refractivity contribution in [2.24, 2.45) is 0 Å². The highest BCUT2D eigenvalue weighted by Crippen LogP contribution is 2.50. The van der Waals surface area contributed by atoms with Crippen LogP contribution in [-0.2, 0) is 5.41 Å². The number of hydrogen-bond donors (Lipinski definition) is 0. The number of hydrogen-bond acceptors (Lipinski definition) is 0. The van der Waals surface area contributed by atoms with Crippen molar-refractivity contribution in [3.05, 3.63) is 240 Å². The number of aromatic nitrogens is 1. The molecule has 0 N–H and O–H groups in total. The van der Waals surface area contributed by atoms with E-state index in [9.17, 15) is 0 Å². The molecule has 1 aromatic heterocycles. The van der Waals surface area contributed by atoms with Crippen LogP contribution in [0.1, 0.15) is 54.5 Å². The highest BCUT2D eigenvalue weighted by atomic mass is 15.0. The van der Waals surface area contributed by atoms with Gasteiger partial charge in [-0.25, -0.2) is 0 Å². The predicted octanol–water partition coefficient (Wildman–Crippen LogP) is 16.5. The van der Waals surface area contributed by atoms with Gasteiger partial charge in [0.1, 0.15) is 0 Å². The van der Waals surface area contributed by atoms with Crippen molar-refractivity contribution in [1.29, 1.82) is 0 Å². The van der Waals surface area contributed by atoms with Gasteiger partial charge < -0.3 is 4.57 Å². The van der Waals surface area contributed by atoms with Crippen LogP contribution in [-0.4, -0.2) is 4.57 Å². The van der Waals surface area contributed by atoms with Crippen LogP contribution in [0.2, 0.25) is 0 Å². The first-order chi connectivity index (χ1) is 29.7. The lowest BCUT2D eigenvalue weighted by Crippen LogP contribution is -2.17. The van der Waals surface area contributed by atoms with Crippen LogP contribution in [0, 0.1) is 20.8 Å². The molecule has 0 unspecified atom stereocenters. The summed E-state index contributed by atoms with van der Waals surface area (Å²) in [4.78, 5) is 0. The molecule has 11 rings (SSSR count). The monoisotopic (exact) mass is 787 g/mol. The van der Waals surface area contributed by atoms with Crippen LogP contribution >= 0.6 is 0 Å². The number of nitrogens with zero attached hydrogens (tertiary/aromatic N) is 1. The van der Waals surface area contributed by atoms with Crippen LogP contribution < -0.4 is 0 Å². The zero-order chi connectivity index (χ0) is 41.9. The fraction of sp³-hybridized carbons (Fsp3) is 0.133. The summed E-state index contributed by atoms with van der Waals surface area (Å²) in [6.45, 7) is 11.2. The predicted molar refractivity (Wildman–Crippen MR) is 263 cm³/mol. The first-order valence-corrected chi connectivity index (χ1v) is 21.6. The molecule has 0 saturated heterocycles. The first-order valence-electron chi connectivity index (χ1n) is 21.6. The number of rotatable bonds is 4. The minimum atomic E-state index is 0.238. The second kappa shape index (κ2) is 17.0. The van der Waals surface area contributed by atoms with Gasteiger partial charge in [0.15, 0.2) is 0 Å². The lowest BCUT2D eigenvalue weighted by molar-refractivity contribution is 0.607. The third kappa shape index (κ3) is 8.05. The molecule has 9 aromatic rings. The van der Waals surface area contributed by atoms with Gasteiger partial charge in [0.2, 0.25) is 0 Å². The van der Waals surface area contributed by atoms with Crippen molar-refractivity contribution in [2.45, 2.75) is 52.9 Å². The van der Waals surface area contributed by atoms with Crippen LogP contribution in [0.3, 0.4) is 0 Å². The second-order valence-corrected chi connectivity index (χ2v) is 17.1. The summed E-state index contributed by atoms with van der Waals surface area (Å²) in [5.41, 5.74) is 21.5. The van der Waals surface area contributed by atoms with Gasteiger partial charge in [-0.2, -0.15) is 0 Å². The van der Waals surface area contributed by atoms with Crippen LogP contribution in [0.15, 0.2) is 212 Å². The van der Waals surface area contributed by atoms with E-state index in [2.05, 4.69) is 239 Å². The zero-order valence-corrected chi connectivity index (χ0v) is 36.0. The Kier molecular flexibility index (Phi) is 11.0. The summed E-state index contributed by atoms with van der Waals surface area (Å²) >= 11 is 0. The van der Waals surface area contributed by atoms with Gasteiger partial charge in [-0.05, 0) is 120 Å². The maximum atomic E-state index is 2.38. The SMILES string of the molecule is Cc1cc(-c2ccccc2)cc(-c2ccc3c4ccccc4n(-c4ccccc4)c3c2)c1.Cc1ccc(-c2ccccc2)cc1.Cc1ccc2c(c1)C(C)(C)C1=C2C=CCC1. The summed E-state index contributed by atoms with van der Waals surface area (Å²) in [5.74, 6) is 0. The third-order valence-electron chi connectivity index (χ3n) is 12.4. The Hall–Kier alpha value is -6.96. The molecule has 0 atom stereocenters. The molecule has 1 heterocycles. The summed E-state index contributed by atoms with van der Waals surface area (Å²) in [6.07, 6.45) is 7.06. The van der Waals surface area contributed by atoms with Crippen molar-refractivity contribution in [1.82, 2.24) is 4.57 Å². The standard InChI is InChI=1S/C31H23N.C16H18.C13H12/c1-22-18-25(23-10-4-2-5-11-23)20-26(19-22)24-16-17-29-28-14-8-9-15-30(28)32(31(29)21-24)27-12-6-3-7-13-27;1-11-8-9-13-12-6-4-5-7-14(12)16(2,3)15(13)10-11;1-11-7-9-13(10-8-11)12-5-3-2-4-6-12/h2-21H,1H3;4,6,8-10H,5,7H2,1-3H3;2-10H,1H3. The van der Waals surface area contributed by atoms with E-state index in [1.165, 1.54) is 107 Å². The maximum absolute atomic E-state index is 2.38. The molecule has 1 nitrogen and oxygen atoms in total. The van der Waals surface area contributed by atoms with Crippen molar-refractivity contribution >= 4 is 27.4 Å². The van der Waals surface area contributed by atoms with E-state index < -0.39 is 0 Å². The van der Waals surface area contributed by atoms with Gasteiger partial charge in [0, 0.05) is 21.9 Å². The Morgan fingerprint density at radius 2 is 0.984 bits per heavy atom. The molecule has 61 heavy (non-hydrogen) atoms. The molecule has 0 radical (unpaired) electrons. The van der Waals surface area contributed by atoms with Crippen LogP contribution in [0.25, 0.3) is 66.4 Å². The van der Waals surface area contributed by atoms with E-state index >= 15 is 0 Å². The quantitative estimate of drug-likeness (QED) is 0.167. The molecule has 2 aliphatic carbocycles. The Morgan fingerprint density at radius 3 is 1.69 bits per heavy atom. The summed E-state index contributed by atoms with van der Waals surface area (Å²) in [7, 11) is 0. The van der Waals surface area contributed by atoms with Gasteiger partial charge in [-0.3, -0.25) is 0 Å². The summed E-state index contributed by atoms with van der Waals surface area (Å²) < 4.78 is 2.38. The van der Waals surface area contributed by atoms with Gasteiger partial charge >= 0.3 is 0 Å². The van der Waals surface area contributed by atoms with Crippen LogP contribution in [0.4, 0.5) is 0 Å². The lowest BCUT2D eigenvalue weighted by Gasteiger charge is -2.25. The molecule has 1 heteroatoms. The Balaban J connectivity index is 0.000000136. The van der Waals surface area contributed by atoms with Crippen molar-refractivity contribution in [3.8, 4) is 39.1 Å². The van der Waals surface area contributed by atoms with Crippen molar-refractivity contribution < 1.29 is 0 Å². The fourth-order valence-electron chi connectivity index (χ4n) is 9.27. The second-order valence-electron chi connectivity index (χ2n) is 17.1. The average molecular weight is 788 g/mol. The summed E-state index contributed by atoms with van der Waals surface area (Å²) in [6, 6.07) is 69.6. The Labute approximate surface area is 362 Å². The Morgan fingerprint density at radius 1 is 0.426 bits per heavy atom. The van der Waals surface area contributed by atoms with Gasteiger partial charge in [0.25, 0.3) is 0 Å². The molecular weight excluding hydrogens is 735 g/mol. The molecule has 298 valence electrons. The van der Waals surface area contributed by atoms with Gasteiger partial charge in [0.05, 0.1) is 11.0 Å². The number of allylic oxidation sites excluding steroid dienone is 4. The first kappa shape index (κ1) is 39.5. The molecule has 0 saturated carbocycles. The lowest BCUT2D eigenvalue weighted by atomic mass is 9.78. The van der Waals surface area contributed by atoms with Crippen molar-refractivity contribution in [2.75, 3.05) is 0 Å². The molecule has 0 fully saturated rings. The largest absolute Gasteiger partial charge is 0.309 e. The summed E-state index contributed by atoms with van der Waals surface area (Å²) in [5, 5.41) is 2.57. The maximum Gasteiger partial charge on any atom is 0.0547 e. The minimum absolute atomic E-state index is 0.238. The van der Waals surface area contributed by atoms with E-state index in [4.69, 9.17) is 0 Å². The Bertz CT molecular complexity index is 3030. The number of para-hydroxylation sites is 2. The number of benzene rings is 8. The molecule has 0 spiro atoms. The van der Waals surface area contributed by atoms with E-state index in [0.29, 0.717) is 0 Å². The number of aryl methyl sites for hydroxylation is 3. The van der Waals surface area contributed by atoms with Gasteiger partial charge in [-0.1, -0.05) is 206 Å². The smallest absolute Gasteiger partial charge is 0.0547 e. The fourth-order valence-corrected chi connectivity index (χ4v) is 9.27. The molecule has 0 aliphatic heterocycles. The molecule has 0 amide bonds. The van der Waals surface area contributed by atoms with Crippen LogP contribution in [0.5, 0.6) is 0 Å². The highest BCUT2D eigenvalue weighted by molar-refractivity contribution is 6.10. The van der Waals surface area contributed by atoms with E-state index in [0.717, 1.165) is 0 Å². The molecular formula is C60H53N. The van der Waals surface area contributed by atoms with E-state index in [1.54, 1.807) is 5.57 Å². The molecule has 2 aliphatic rings. The third-order valence-corrected chi connectivity index (χ3v) is 12.4.